The molecule has 1 aromatic rings. The number of aromatic nitrogens is 1. The monoisotopic (exact) mass is 303 g/mol. The van der Waals surface area contributed by atoms with Gasteiger partial charge in [0.05, 0.1) is 15.7 Å². The van der Waals surface area contributed by atoms with Crippen LogP contribution >= 0.6 is 35.4 Å². The van der Waals surface area contributed by atoms with E-state index in [4.69, 9.17) is 35.4 Å². The van der Waals surface area contributed by atoms with Gasteiger partial charge in [0, 0.05) is 6.04 Å². The van der Waals surface area contributed by atoms with E-state index in [0.29, 0.717) is 27.0 Å². The summed E-state index contributed by atoms with van der Waals surface area (Å²) in [6.45, 7) is 1.83. The highest BCUT2D eigenvalue weighted by atomic mass is 35.5. The van der Waals surface area contributed by atoms with Crippen molar-refractivity contribution in [2.45, 2.75) is 38.6 Å². The molecule has 18 heavy (non-hydrogen) atoms. The standard InChI is InChI=1S/C12H15Cl2N3S/c1-7-9(13)6-10(14)11(15-7)17-12(18)16-8-4-2-3-5-8/h6,8H,2-5H2,1H3,(H2,15,16,17,18). The molecule has 2 N–H and O–H groups in total. The average molecular weight is 304 g/mol. The van der Waals surface area contributed by atoms with E-state index in [0.717, 1.165) is 5.69 Å². The van der Waals surface area contributed by atoms with Gasteiger partial charge in [-0.25, -0.2) is 4.98 Å². The van der Waals surface area contributed by atoms with E-state index in [2.05, 4.69) is 15.6 Å². The van der Waals surface area contributed by atoms with Crippen molar-refractivity contribution in [1.29, 1.82) is 0 Å². The first-order valence-corrected chi connectivity index (χ1v) is 7.13. The molecule has 1 fully saturated rings. The van der Waals surface area contributed by atoms with E-state index < -0.39 is 0 Å². The molecule has 1 aliphatic carbocycles. The quantitative estimate of drug-likeness (QED) is 0.812. The number of thiocarbonyl (C=S) groups is 1. The summed E-state index contributed by atoms with van der Waals surface area (Å²) < 4.78 is 0. The lowest BCUT2D eigenvalue weighted by Crippen LogP contribution is -2.36. The van der Waals surface area contributed by atoms with Gasteiger partial charge >= 0.3 is 0 Å². The van der Waals surface area contributed by atoms with E-state index in [1.54, 1.807) is 6.07 Å². The number of nitrogens with one attached hydrogen (secondary N) is 2. The van der Waals surface area contributed by atoms with Crippen molar-refractivity contribution in [2.75, 3.05) is 5.32 Å². The average Bonchev–Trinajstić information content (AvgIpc) is 2.78. The van der Waals surface area contributed by atoms with Gasteiger partial charge in [-0.2, -0.15) is 0 Å². The Balaban J connectivity index is 2.00. The van der Waals surface area contributed by atoms with Gasteiger partial charge in [-0.15, -0.1) is 0 Å². The third-order valence-corrected chi connectivity index (χ3v) is 3.92. The first kappa shape index (κ1) is 13.8. The molecule has 6 heteroatoms. The molecule has 1 heterocycles. The molecule has 1 saturated carbocycles. The van der Waals surface area contributed by atoms with Crippen LogP contribution in [0.4, 0.5) is 5.82 Å². The van der Waals surface area contributed by atoms with E-state index >= 15 is 0 Å². The topological polar surface area (TPSA) is 37.0 Å². The summed E-state index contributed by atoms with van der Waals surface area (Å²) in [4.78, 5) is 4.28. The molecule has 0 bridgehead atoms. The number of anilines is 1. The van der Waals surface area contributed by atoms with Crippen LogP contribution in [0.15, 0.2) is 6.07 Å². The SMILES string of the molecule is Cc1nc(NC(=S)NC2CCCC2)c(Cl)cc1Cl. The van der Waals surface area contributed by atoms with Crippen molar-refractivity contribution in [2.24, 2.45) is 0 Å². The minimum atomic E-state index is 0.470. The zero-order valence-corrected chi connectivity index (χ0v) is 12.4. The molecular weight excluding hydrogens is 289 g/mol. The fraction of sp³-hybridized carbons (Fsp3) is 0.500. The van der Waals surface area contributed by atoms with E-state index in [1.165, 1.54) is 25.7 Å². The Hall–Kier alpha value is -0.580. The molecule has 3 nitrogen and oxygen atoms in total. The Morgan fingerprint density at radius 1 is 1.33 bits per heavy atom. The molecule has 0 saturated heterocycles. The summed E-state index contributed by atoms with van der Waals surface area (Å²) in [5.74, 6) is 0.550. The summed E-state index contributed by atoms with van der Waals surface area (Å²) >= 11 is 17.3. The van der Waals surface area contributed by atoms with Gasteiger partial charge in [0.2, 0.25) is 0 Å². The predicted molar refractivity (Wildman–Crippen MR) is 80.6 cm³/mol. The van der Waals surface area contributed by atoms with E-state index in [1.807, 2.05) is 6.92 Å². The highest BCUT2D eigenvalue weighted by Crippen LogP contribution is 2.25. The molecule has 98 valence electrons. The van der Waals surface area contributed by atoms with Gasteiger partial charge in [-0.05, 0) is 38.0 Å². The number of hydrogen-bond donors (Lipinski definition) is 2. The maximum absolute atomic E-state index is 6.07. The number of hydrogen-bond acceptors (Lipinski definition) is 2. The van der Waals surface area contributed by atoms with Crippen LogP contribution in [0, 0.1) is 6.92 Å². The van der Waals surface area contributed by atoms with Crippen LogP contribution in [0.1, 0.15) is 31.4 Å². The molecule has 0 aliphatic heterocycles. The second-order valence-electron chi connectivity index (χ2n) is 4.47. The maximum atomic E-state index is 6.07. The number of halogens is 2. The second kappa shape index (κ2) is 6.04. The number of rotatable bonds is 2. The Morgan fingerprint density at radius 2 is 2.00 bits per heavy atom. The van der Waals surface area contributed by atoms with Crippen LogP contribution < -0.4 is 10.6 Å². The third-order valence-electron chi connectivity index (χ3n) is 3.03. The van der Waals surface area contributed by atoms with Crippen molar-refractivity contribution in [1.82, 2.24) is 10.3 Å². The molecule has 0 radical (unpaired) electrons. The third kappa shape index (κ3) is 3.46. The summed E-state index contributed by atoms with van der Waals surface area (Å²) in [7, 11) is 0. The smallest absolute Gasteiger partial charge is 0.172 e. The van der Waals surface area contributed by atoms with Gasteiger partial charge < -0.3 is 10.6 Å². The first-order chi connectivity index (χ1) is 8.56. The van der Waals surface area contributed by atoms with Gasteiger partial charge in [-0.1, -0.05) is 36.0 Å². The second-order valence-corrected chi connectivity index (χ2v) is 5.69. The fourth-order valence-corrected chi connectivity index (χ4v) is 2.71. The number of nitrogens with zero attached hydrogens (tertiary/aromatic N) is 1. The fourth-order valence-electron chi connectivity index (χ4n) is 2.05. The zero-order valence-electron chi connectivity index (χ0n) is 10.1. The summed E-state index contributed by atoms with van der Waals surface area (Å²) in [6, 6.07) is 2.14. The lowest BCUT2D eigenvalue weighted by atomic mass is 10.3. The van der Waals surface area contributed by atoms with Gasteiger partial charge in [-0.3, -0.25) is 0 Å². The number of aryl methyl sites for hydroxylation is 1. The van der Waals surface area contributed by atoms with Gasteiger partial charge in [0.15, 0.2) is 10.9 Å². The number of pyridine rings is 1. The van der Waals surface area contributed by atoms with Crippen molar-refractivity contribution in [3.8, 4) is 0 Å². The van der Waals surface area contributed by atoms with Crippen LogP contribution in [-0.4, -0.2) is 16.1 Å². The predicted octanol–water partition coefficient (Wildman–Crippen LogP) is 3.93. The molecule has 2 rings (SSSR count). The Kier molecular flexibility index (Phi) is 4.65. The summed E-state index contributed by atoms with van der Waals surface area (Å²) in [5.41, 5.74) is 0.729. The Labute approximate surface area is 122 Å². The minimum absolute atomic E-state index is 0.470. The molecule has 0 spiro atoms. The van der Waals surface area contributed by atoms with Gasteiger partial charge in [0.1, 0.15) is 0 Å². The molecule has 1 aliphatic rings. The molecule has 1 aromatic heterocycles. The normalized spacial score (nSPS) is 15.7. The molecule has 0 amide bonds. The molecule has 0 atom stereocenters. The van der Waals surface area contributed by atoms with Crippen molar-refractivity contribution in [3.05, 3.63) is 21.8 Å². The Morgan fingerprint density at radius 3 is 2.67 bits per heavy atom. The van der Waals surface area contributed by atoms with Crippen LogP contribution in [0.2, 0.25) is 10.0 Å². The van der Waals surface area contributed by atoms with Crippen LogP contribution in [-0.2, 0) is 0 Å². The highest BCUT2D eigenvalue weighted by Gasteiger charge is 2.16. The van der Waals surface area contributed by atoms with Crippen molar-refractivity contribution in [3.63, 3.8) is 0 Å². The van der Waals surface area contributed by atoms with Gasteiger partial charge in [0.25, 0.3) is 0 Å². The molecule has 0 unspecified atom stereocenters. The van der Waals surface area contributed by atoms with Crippen LogP contribution in [0.5, 0.6) is 0 Å². The Bertz CT molecular complexity index is 459. The van der Waals surface area contributed by atoms with E-state index in [-0.39, 0.29) is 0 Å². The largest absolute Gasteiger partial charge is 0.360 e. The van der Waals surface area contributed by atoms with Crippen LogP contribution in [0.25, 0.3) is 0 Å². The lowest BCUT2D eigenvalue weighted by molar-refractivity contribution is 0.634. The lowest BCUT2D eigenvalue weighted by Gasteiger charge is -2.16. The van der Waals surface area contributed by atoms with Crippen molar-refractivity contribution < 1.29 is 0 Å². The highest BCUT2D eigenvalue weighted by molar-refractivity contribution is 7.80. The zero-order chi connectivity index (χ0) is 13.1. The minimum Gasteiger partial charge on any atom is -0.360 e. The van der Waals surface area contributed by atoms with E-state index in [9.17, 15) is 0 Å². The maximum Gasteiger partial charge on any atom is 0.172 e. The molecular formula is C12H15Cl2N3S. The van der Waals surface area contributed by atoms with Crippen LogP contribution in [0.3, 0.4) is 0 Å². The van der Waals surface area contributed by atoms with Crippen molar-refractivity contribution >= 4 is 46.4 Å². The first-order valence-electron chi connectivity index (χ1n) is 5.96. The summed E-state index contributed by atoms with van der Waals surface area (Å²) in [5, 5.41) is 7.90. The summed E-state index contributed by atoms with van der Waals surface area (Å²) in [6.07, 6.45) is 4.87. The molecule has 0 aromatic carbocycles.